The molecule has 0 aliphatic carbocycles. The molecule has 3 rings (SSSR count). The fourth-order valence-electron chi connectivity index (χ4n) is 3.43. The van der Waals surface area contributed by atoms with Crippen LogP contribution in [0.1, 0.15) is 25.7 Å². The Bertz CT molecular complexity index is 704. The molecule has 7 nitrogen and oxygen atoms in total. The van der Waals surface area contributed by atoms with Crippen LogP contribution < -0.4 is 10.6 Å². The minimum atomic E-state index is -0.650. The summed E-state index contributed by atoms with van der Waals surface area (Å²) >= 11 is 0. The van der Waals surface area contributed by atoms with E-state index in [0.29, 0.717) is 5.69 Å². The summed E-state index contributed by atoms with van der Waals surface area (Å²) in [5.74, 6) is -0.341. The molecule has 3 atom stereocenters. The van der Waals surface area contributed by atoms with Gasteiger partial charge in [0, 0.05) is 18.8 Å². The molecule has 1 aromatic rings. The molecule has 0 spiro atoms. The average Bonchev–Trinajstić information content (AvgIpc) is 2.71. The summed E-state index contributed by atoms with van der Waals surface area (Å²) in [4.78, 5) is 26.4. The SMILES string of the molecule is O=C(Nc1ccc(F)cc1)N[C@H]1C=C[C@@H](CC(=O)N2CCCCC2)O[C@H]1CO. The minimum absolute atomic E-state index is 0.0477. The maximum atomic E-state index is 12.9. The first-order valence-corrected chi connectivity index (χ1v) is 9.60. The number of amides is 3. The topological polar surface area (TPSA) is 90.9 Å². The summed E-state index contributed by atoms with van der Waals surface area (Å²) in [6.45, 7) is 1.28. The molecule has 2 aliphatic rings. The molecule has 3 N–H and O–H groups in total. The predicted molar refractivity (Wildman–Crippen MR) is 102 cm³/mol. The highest BCUT2D eigenvalue weighted by atomic mass is 19.1. The Labute approximate surface area is 163 Å². The number of piperidine rings is 1. The minimum Gasteiger partial charge on any atom is -0.394 e. The van der Waals surface area contributed by atoms with Crippen LogP contribution in [0, 0.1) is 5.82 Å². The molecule has 1 saturated heterocycles. The number of halogens is 1. The number of aliphatic hydroxyl groups is 1. The molecule has 0 aromatic heterocycles. The van der Waals surface area contributed by atoms with Gasteiger partial charge in [-0.3, -0.25) is 4.79 Å². The van der Waals surface area contributed by atoms with Gasteiger partial charge in [0.05, 0.1) is 25.2 Å². The van der Waals surface area contributed by atoms with Gasteiger partial charge in [0.25, 0.3) is 0 Å². The van der Waals surface area contributed by atoms with E-state index in [4.69, 9.17) is 4.74 Å². The third kappa shape index (κ3) is 5.53. The lowest BCUT2D eigenvalue weighted by atomic mass is 10.0. The third-order valence-corrected chi connectivity index (χ3v) is 4.95. The maximum Gasteiger partial charge on any atom is 0.319 e. The van der Waals surface area contributed by atoms with E-state index in [9.17, 15) is 19.1 Å². The maximum absolute atomic E-state index is 12.9. The monoisotopic (exact) mass is 391 g/mol. The molecular formula is C20H26FN3O4. The Morgan fingerprint density at radius 2 is 1.86 bits per heavy atom. The smallest absolute Gasteiger partial charge is 0.319 e. The summed E-state index contributed by atoms with van der Waals surface area (Å²) in [6.07, 6.45) is 5.85. The number of aliphatic hydroxyl groups excluding tert-OH is 1. The quantitative estimate of drug-likeness (QED) is 0.670. The lowest BCUT2D eigenvalue weighted by Gasteiger charge is -2.33. The van der Waals surface area contributed by atoms with E-state index >= 15 is 0 Å². The molecule has 0 radical (unpaired) electrons. The van der Waals surface area contributed by atoms with E-state index in [0.717, 1.165) is 32.4 Å². The number of likely N-dealkylation sites (tertiary alicyclic amines) is 1. The van der Waals surface area contributed by atoms with Gasteiger partial charge in [0.2, 0.25) is 5.91 Å². The first-order chi connectivity index (χ1) is 13.5. The molecule has 28 heavy (non-hydrogen) atoms. The van der Waals surface area contributed by atoms with Crippen LogP contribution in [0.2, 0.25) is 0 Å². The molecule has 152 valence electrons. The van der Waals surface area contributed by atoms with E-state index in [1.165, 1.54) is 24.3 Å². The Morgan fingerprint density at radius 3 is 2.54 bits per heavy atom. The van der Waals surface area contributed by atoms with Crippen molar-refractivity contribution in [2.24, 2.45) is 0 Å². The molecule has 1 fully saturated rings. The van der Waals surface area contributed by atoms with Crippen LogP contribution in [0.4, 0.5) is 14.9 Å². The second-order valence-electron chi connectivity index (χ2n) is 7.06. The summed E-state index contributed by atoms with van der Waals surface area (Å²) in [5, 5.41) is 14.9. The van der Waals surface area contributed by atoms with Crippen molar-refractivity contribution in [1.82, 2.24) is 10.2 Å². The summed E-state index contributed by atoms with van der Waals surface area (Å²) < 4.78 is 18.7. The number of urea groups is 1. The van der Waals surface area contributed by atoms with Gasteiger partial charge in [-0.1, -0.05) is 12.2 Å². The van der Waals surface area contributed by atoms with Gasteiger partial charge in [-0.05, 0) is 43.5 Å². The molecule has 0 unspecified atom stereocenters. The van der Waals surface area contributed by atoms with Gasteiger partial charge in [0.1, 0.15) is 11.9 Å². The lowest BCUT2D eigenvalue weighted by Crippen LogP contribution is -2.50. The van der Waals surface area contributed by atoms with E-state index in [1.54, 1.807) is 12.2 Å². The van der Waals surface area contributed by atoms with Crippen LogP contribution in [-0.2, 0) is 9.53 Å². The van der Waals surface area contributed by atoms with Crippen molar-refractivity contribution in [3.8, 4) is 0 Å². The van der Waals surface area contributed by atoms with Gasteiger partial charge >= 0.3 is 6.03 Å². The molecule has 0 saturated carbocycles. The van der Waals surface area contributed by atoms with Crippen molar-refractivity contribution in [2.45, 2.75) is 43.9 Å². The number of nitrogens with one attached hydrogen (secondary N) is 2. The van der Waals surface area contributed by atoms with Gasteiger partial charge in [-0.25, -0.2) is 9.18 Å². The highest BCUT2D eigenvalue weighted by Crippen LogP contribution is 2.18. The van der Waals surface area contributed by atoms with Crippen LogP contribution in [0.25, 0.3) is 0 Å². The molecule has 8 heteroatoms. The zero-order chi connectivity index (χ0) is 19.9. The van der Waals surface area contributed by atoms with Crippen LogP contribution >= 0.6 is 0 Å². The Kier molecular flexibility index (Phi) is 7.00. The van der Waals surface area contributed by atoms with Crippen molar-refractivity contribution in [3.05, 3.63) is 42.2 Å². The fourth-order valence-corrected chi connectivity index (χ4v) is 3.43. The predicted octanol–water partition coefficient (Wildman–Crippen LogP) is 2.03. The highest BCUT2D eigenvalue weighted by Gasteiger charge is 2.30. The van der Waals surface area contributed by atoms with E-state index in [2.05, 4.69) is 10.6 Å². The Morgan fingerprint density at radius 1 is 1.14 bits per heavy atom. The zero-order valence-corrected chi connectivity index (χ0v) is 15.6. The summed E-state index contributed by atoms with van der Waals surface area (Å²) in [6, 6.07) is 4.37. The number of rotatable bonds is 5. The highest BCUT2D eigenvalue weighted by molar-refractivity contribution is 5.89. The molecule has 2 heterocycles. The van der Waals surface area contributed by atoms with E-state index in [-0.39, 0.29) is 24.8 Å². The van der Waals surface area contributed by atoms with Gasteiger partial charge in [0.15, 0.2) is 0 Å². The number of hydrogen-bond acceptors (Lipinski definition) is 4. The van der Waals surface area contributed by atoms with Crippen LogP contribution in [-0.4, -0.2) is 59.9 Å². The van der Waals surface area contributed by atoms with Crippen molar-refractivity contribution >= 4 is 17.6 Å². The number of carbonyl (C=O) groups excluding carboxylic acids is 2. The molecule has 3 amide bonds. The lowest BCUT2D eigenvalue weighted by molar-refractivity contribution is -0.136. The fraction of sp³-hybridized carbons (Fsp3) is 0.500. The van der Waals surface area contributed by atoms with E-state index < -0.39 is 24.3 Å². The number of hydrogen-bond donors (Lipinski definition) is 3. The summed E-state index contributed by atoms with van der Waals surface area (Å²) in [5.41, 5.74) is 0.449. The van der Waals surface area contributed by atoms with Crippen LogP contribution in [0.15, 0.2) is 36.4 Å². The average molecular weight is 391 g/mol. The van der Waals surface area contributed by atoms with Gasteiger partial charge < -0.3 is 25.4 Å². The zero-order valence-electron chi connectivity index (χ0n) is 15.6. The number of benzene rings is 1. The van der Waals surface area contributed by atoms with Gasteiger partial charge in [-0.15, -0.1) is 0 Å². The first-order valence-electron chi connectivity index (χ1n) is 9.60. The van der Waals surface area contributed by atoms with Crippen LogP contribution in [0.5, 0.6) is 0 Å². The van der Waals surface area contributed by atoms with Crippen molar-refractivity contribution in [1.29, 1.82) is 0 Å². The van der Waals surface area contributed by atoms with E-state index in [1.807, 2.05) is 4.90 Å². The molecule has 0 bridgehead atoms. The van der Waals surface area contributed by atoms with Crippen molar-refractivity contribution < 1.29 is 23.8 Å². The molecular weight excluding hydrogens is 365 g/mol. The largest absolute Gasteiger partial charge is 0.394 e. The number of nitrogens with zero attached hydrogens (tertiary/aromatic N) is 1. The van der Waals surface area contributed by atoms with Crippen molar-refractivity contribution in [2.75, 3.05) is 25.0 Å². The Balaban J connectivity index is 1.52. The second-order valence-corrected chi connectivity index (χ2v) is 7.06. The summed E-state index contributed by atoms with van der Waals surface area (Å²) in [7, 11) is 0. The molecule has 2 aliphatic heterocycles. The van der Waals surface area contributed by atoms with Crippen molar-refractivity contribution in [3.63, 3.8) is 0 Å². The normalized spacial score (nSPS) is 24.6. The third-order valence-electron chi connectivity index (χ3n) is 4.95. The number of ether oxygens (including phenoxy) is 1. The standard InChI is InChI=1S/C20H26FN3O4/c21-14-4-6-15(7-5-14)22-20(27)23-17-9-8-16(28-18(17)13-25)12-19(26)24-10-2-1-3-11-24/h4-9,16-18,25H,1-3,10-13H2,(H2,22,23,27)/t16-,17-,18-/m0/s1. The number of anilines is 1. The number of carbonyl (C=O) groups is 2. The van der Waals surface area contributed by atoms with Crippen LogP contribution in [0.3, 0.4) is 0 Å². The van der Waals surface area contributed by atoms with Gasteiger partial charge in [-0.2, -0.15) is 0 Å². The Hall–Kier alpha value is -2.45. The first kappa shape index (κ1) is 20.3. The molecule has 1 aromatic carbocycles. The second kappa shape index (κ2) is 9.66.